The monoisotopic (exact) mass is 132 g/mol. The molecule has 0 aromatic carbocycles. The molecule has 0 aliphatic heterocycles. The van der Waals surface area contributed by atoms with Gasteiger partial charge in [-0.1, -0.05) is 25.5 Å². The number of unbranched alkanes of at least 4 members (excludes halogenated alkanes) is 1. The second kappa shape index (κ2) is 7.13. The highest BCUT2D eigenvalue weighted by Crippen LogP contribution is 1.90. The van der Waals surface area contributed by atoms with E-state index < -0.39 is 0 Å². The number of hydrogen-bond donors (Lipinski definition) is 0. The van der Waals surface area contributed by atoms with Gasteiger partial charge in [0.05, 0.1) is 6.61 Å². The second-order valence-corrected chi connectivity index (χ2v) is 1.93. The normalized spacial score (nSPS) is 10.8. The molecular weight excluding hydrogens is 119 g/mol. The van der Waals surface area contributed by atoms with Gasteiger partial charge in [0.1, 0.15) is 0 Å². The van der Waals surface area contributed by atoms with E-state index in [1.54, 1.807) is 0 Å². The van der Waals surface area contributed by atoms with Crippen LogP contribution >= 0.6 is 9.47 Å². The minimum absolute atomic E-state index is 0.713. The van der Waals surface area contributed by atoms with Gasteiger partial charge in [0.25, 0.3) is 0 Å². The Morgan fingerprint density at radius 1 is 1.50 bits per heavy atom. The zero-order chi connectivity index (χ0) is 6.24. The molecule has 0 heterocycles. The molecule has 0 aromatic heterocycles. The molecule has 8 heavy (non-hydrogen) atoms. The summed E-state index contributed by atoms with van der Waals surface area (Å²) in [4.78, 5) is 0. The lowest BCUT2D eigenvalue weighted by Crippen LogP contribution is -1.72. The smallest absolute Gasteiger partial charge is 0.0683 e. The third kappa shape index (κ3) is 6.13. The van der Waals surface area contributed by atoms with Crippen LogP contribution in [-0.4, -0.2) is 6.61 Å². The summed E-state index contributed by atoms with van der Waals surface area (Å²) in [5, 5.41) is 0. The van der Waals surface area contributed by atoms with Crippen molar-refractivity contribution in [2.45, 2.75) is 19.8 Å². The van der Waals surface area contributed by atoms with Crippen molar-refractivity contribution < 1.29 is 4.52 Å². The molecule has 0 radical (unpaired) electrons. The molecular formula is C6H13OP. The third-order valence-corrected chi connectivity index (χ3v) is 1.01. The van der Waals surface area contributed by atoms with Crippen LogP contribution in [0.4, 0.5) is 0 Å². The van der Waals surface area contributed by atoms with E-state index in [0.29, 0.717) is 6.61 Å². The first-order valence-corrected chi connectivity index (χ1v) is 3.35. The van der Waals surface area contributed by atoms with Crippen LogP contribution in [-0.2, 0) is 4.52 Å². The molecule has 1 unspecified atom stereocenters. The molecule has 1 nitrogen and oxygen atoms in total. The van der Waals surface area contributed by atoms with Crippen molar-refractivity contribution in [2.75, 3.05) is 6.61 Å². The molecule has 0 amide bonds. The topological polar surface area (TPSA) is 9.23 Å². The Morgan fingerprint density at radius 2 is 2.25 bits per heavy atom. The minimum atomic E-state index is 0.713. The van der Waals surface area contributed by atoms with Crippen molar-refractivity contribution in [3.05, 3.63) is 12.2 Å². The van der Waals surface area contributed by atoms with Crippen LogP contribution in [0.2, 0.25) is 0 Å². The molecule has 0 bridgehead atoms. The van der Waals surface area contributed by atoms with Crippen LogP contribution in [0.5, 0.6) is 0 Å². The van der Waals surface area contributed by atoms with Crippen molar-refractivity contribution >= 4 is 9.47 Å². The molecule has 0 saturated heterocycles. The maximum absolute atomic E-state index is 4.72. The highest BCUT2D eigenvalue weighted by atomic mass is 31.0. The summed E-state index contributed by atoms with van der Waals surface area (Å²) in [7, 11) is 2.21. The maximum atomic E-state index is 4.72. The van der Waals surface area contributed by atoms with Gasteiger partial charge in [0, 0.05) is 9.47 Å². The van der Waals surface area contributed by atoms with Gasteiger partial charge in [-0.25, -0.2) is 0 Å². The van der Waals surface area contributed by atoms with E-state index in [4.69, 9.17) is 4.52 Å². The van der Waals surface area contributed by atoms with Crippen LogP contribution in [0.1, 0.15) is 19.8 Å². The van der Waals surface area contributed by atoms with E-state index in [1.165, 1.54) is 6.42 Å². The number of rotatable bonds is 4. The van der Waals surface area contributed by atoms with Crippen molar-refractivity contribution in [3.8, 4) is 0 Å². The molecule has 0 aliphatic rings. The average molecular weight is 132 g/mol. The quantitative estimate of drug-likeness (QED) is 0.420. The fourth-order valence-corrected chi connectivity index (χ4v) is 0.519. The Morgan fingerprint density at radius 3 is 2.75 bits per heavy atom. The predicted octanol–water partition coefficient (Wildman–Crippen LogP) is 2.15. The Labute approximate surface area is 53.4 Å². The standard InChI is InChI=1S/C6H13OP/c1-2-3-4-5-6-7-8/h4-5H,2-3,6,8H2,1H3/b5-4+. The lowest BCUT2D eigenvalue weighted by atomic mass is 10.3. The summed E-state index contributed by atoms with van der Waals surface area (Å²) in [5.74, 6) is 0. The summed E-state index contributed by atoms with van der Waals surface area (Å²) in [5.41, 5.74) is 0. The van der Waals surface area contributed by atoms with Crippen molar-refractivity contribution in [1.29, 1.82) is 0 Å². The molecule has 0 saturated carbocycles. The molecule has 1 atom stereocenters. The summed E-state index contributed by atoms with van der Waals surface area (Å²) in [6.07, 6.45) is 6.53. The first-order valence-electron chi connectivity index (χ1n) is 2.88. The highest BCUT2D eigenvalue weighted by molar-refractivity contribution is 7.09. The summed E-state index contributed by atoms with van der Waals surface area (Å²) in [6, 6.07) is 0. The van der Waals surface area contributed by atoms with Gasteiger partial charge in [-0.05, 0) is 6.42 Å². The highest BCUT2D eigenvalue weighted by Gasteiger charge is 1.71. The Hall–Kier alpha value is 0.130. The second-order valence-electron chi connectivity index (χ2n) is 1.59. The van der Waals surface area contributed by atoms with Gasteiger partial charge < -0.3 is 4.52 Å². The average Bonchev–Trinajstić information content (AvgIpc) is 1.81. The fraction of sp³-hybridized carbons (Fsp3) is 0.667. The maximum Gasteiger partial charge on any atom is 0.0683 e. The van der Waals surface area contributed by atoms with Gasteiger partial charge >= 0.3 is 0 Å². The first kappa shape index (κ1) is 8.13. The van der Waals surface area contributed by atoms with Gasteiger partial charge in [-0.15, -0.1) is 0 Å². The van der Waals surface area contributed by atoms with E-state index in [9.17, 15) is 0 Å². The Kier molecular flexibility index (Phi) is 7.25. The zero-order valence-corrected chi connectivity index (χ0v) is 6.42. The van der Waals surface area contributed by atoms with E-state index in [2.05, 4.69) is 22.5 Å². The van der Waals surface area contributed by atoms with Gasteiger partial charge in [0.2, 0.25) is 0 Å². The molecule has 0 fully saturated rings. The van der Waals surface area contributed by atoms with Gasteiger partial charge in [-0.2, -0.15) is 0 Å². The molecule has 0 spiro atoms. The first-order chi connectivity index (χ1) is 3.91. The van der Waals surface area contributed by atoms with Crippen molar-refractivity contribution in [1.82, 2.24) is 0 Å². The molecule has 48 valence electrons. The third-order valence-electron chi connectivity index (χ3n) is 0.814. The number of hydrogen-bond acceptors (Lipinski definition) is 1. The fourth-order valence-electron chi connectivity index (χ4n) is 0.408. The van der Waals surface area contributed by atoms with Crippen LogP contribution in [0.15, 0.2) is 12.2 Å². The van der Waals surface area contributed by atoms with Crippen LogP contribution in [0.25, 0.3) is 0 Å². The molecule has 0 aliphatic carbocycles. The zero-order valence-electron chi connectivity index (χ0n) is 5.26. The van der Waals surface area contributed by atoms with Gasteiger partial charge in [-0.3, -0.25) is 0 Å². The summed E-state index contributed by atoms with van der Waals surface area (Å²) < 4.78 is 4.72. The van der Waals surface area contributed by atoms with E-state index >= 15 is 0 Å². The Balaban J connectivity index is 2.83. The van der Waals surface area contributed by atoms with E-state index in [-0.39, 0.29) is 0 Å². The predicted molar refractivity (Wildman–Crippen MR) is 39.7 cm³/mol. The molecule has 0 aromatic rings. The van der Waals surface area contributed by atoms with E-state index in [1.807, 2.05) is 6.08 Å². The van der Waals surface area contributed by atoms with E-state index in [0.717, 1.165) is 6.42 Å². The summed E-state index contributed by atoms with van der Waals surface area (Å²) >= 11 is 0. The molecule has 0 rings (SSSR count). The van der Waals surface area contributed by atoms with Crippen molar-refractivity contribution in [2.24, 2.45) is 0 Å². The lowest BCUT2D eigenvalue weighted by Gasteiger charge is -1.85. The van der Waals surface area contributed by atoms with Gasteiger partial charge in [0.15, 0.2) is 0 Å². The minimum Gasteiger partial charge on any atom is -0.362 e. The lowest BCUT2D eigenvalue weighted by molar-refractivity contribution is 0.426. The number of allylic oxidation sites excluding steroid dienone is 1. The largest absolute Gasteiger partial charge is 0.362 e. The van der Waals surface area contributed by atoms with Crippen molar-refractivity contribution in [3.63, 3.8) is 0 Å². The molecule has 2 heteroatoms. The van der Waals surface area contributed by atoms with Crippen LogP contribution < -0.4 is 0 Å². The Bertz CT molecular complexity index is 53.5. The SMILES string of the molecule is CCC/C=C/COP. The summed E-state index contributed by atoms with van der Waals surface area (Å²) in [6.45, 7) is 2.87. The van der Waals surface area contributed by atoms with Crippen LogP contribution in [0.3, 0.4) is 0 Å². The molecule has 0 N–H and O–H groups in total. The van der Waals surface area contributed by atoms with Crippen LogP contribution in [0, 0.1) is 0 Å².